The summed E-state index contributed by atoms with van der Waals surface area (Å²) in [4.78, 5) is 0.263. The fourth-order valence-corrected chi connectivity index (χ4v) is 4.45. The van der Waals surface area contributed by atoms with E-state index in [9.17, 15) is 8.42 Å². The van der Waals surface area contributed by atoms with Crippen LogP contribution in [0.2, 0.25) is 0 Å². The molecule has 0 saturated heterocycles. The molecule has 0 aliphatic carbocycles. The van der Waals surface area contributed by atoms with Gasteiger partial charge in [-0.15, -0.1) is 0 Å². The third-order valence-electron chi connectivity index (χ3n) is 4.79. The molecule has 0 atom stereocenters. The van der Waals surface area contributed by atoms with E-state index in [0.29, 0.717) is 18.9 Å². The van der Waals surface area contributed by atoms with Crippen LogP contribution in [0.5, 0.6) is 5.75 Å². The predicted molar refractivity (Wildman–Crippen MR) is 102 cm³/mol. The normalized spacial score (nSPS) is 13.7. The van der Waals surface area contributed by atoms with Crippen LogP contribution in [-0.2, 0) is 23.0 Å². The molecule has 0 unspecified atom stereocenters. The zero-order chi connectivity index (χ0) is 19.1. The summed E-state index contributed by atoms with van der Waals surface area (Å²) in [5, 5.41) is 4.47. The highest BCUT2D eigenvalue weighted by molar-refractivity contribution is 7.89. The number of fused-ring (bicyclic) bond motifs is 2. The first-order valence-corrected chi connectivity index (χ1v) is 10.4. The van der Waals surface area contributed by atoms with E-state index < -0.39 is 10.0 Å². The van der Waals surface area contributed by atoms with Gasteiger partial charge in [0.2, 0.25) is 10.0 Å². The standard InChI is InChI=1S/C19H18N4O4S/c24-28(25,15-3-4-17-14(12-15)5-11-27-17)20-6-7-22-8-9-23-19(22)13-16(21-23)18-2-1-10-26-18/h1-4,8-10,12-13,20H,5-7,11H2. The lowest BCUT2D eigenvalue weighted by molar-refractivity contribution is 0.356. The Balaban J connectivity index is 1.30. The van der Waals surface area contributed by atoms with Crippen molar-refractivity contribution in [2.45, 2.75) is 17.9 Å². The summed E-state index contributed by atoms with van der Waals surface area (Å²) in [5.74, 6) is 1.46. The van der Waals surface area contributed by atoms with Crippen LogP contribution >= 0.6 is 0 Å². The Kier molecular flexibility index (Phi) is 3.99. The molecule has 0 bridgehead atoms. The maximum Gasteiger partial charge on any atom is 0.240 e. The van der Waals surface area contributed by atoms with E-state index in [1.165, 1.54) is 0 Å². The van der Waals surface area contributed by atoms with E-state index >= 15 is 0 Å². The number of hydrogen-bond donors (Lipinski definition) is 1. The Labute approximate surface area is 161 Å². The Bertz CT molecular complexity index is 1240. The van der Waals surface area contributed by atoms with Gasteiger partial charge < -0.3 is 13.7 Å². The Morgan fingerprint density at radius 3 is 2.96 bits per heavy atom. The molecule has 28 heavy (non-hydrogen) atoms. The van der Waals surface area contributed by atoms with Crippen LogP contribution in [0.4, 0.5) is 0 Å². The van der Waals surface area contributed by atoms with Crippen LogP contribution in [-0.4, -0.2) is 35.8 Å². The van der Waals surface area contributed by atoms with Crippen LogP contribution in [0.15, 0.2) is 64.4 Å². The zero-order valence-corrected chi connectivity index (χ0v) is 15.7. The number of aromatic nitrogens is 3. The molecule has 1 N–H and O–H groups in total. The maximum absolute atomic E-state index is 12.6. The molecule has 0 spiro atoms. The van der Waals surface area contributed by atoms with Crippen molar-refractivity contribution < 1.29 is 17.6 Å². The van der Waals surface area contributed by atoms with Crippen LogP contribution in [0.3, 0.4) is 0 Å². The van der Waals surface area contributed by atoms with Crippen molar-refractivity contribution in [3.05, 3.63) is 60.6 Å². The molecule has 8 nitrogen and oxygen atoms in total. The van der Waals surface area contributed by atoms with Crippen molar-refractivity contribution in [2.75, 3.05) is 13.2 Å². The summed E-state index contributed by atoms with van der Waals surface area (Å²) in [6, 6.07) is 10.6. The lowest BCUT2D eigenvalue weighted by Gasteiger charge is -2.09. The van der Waals surface area contributed by atoms with Gasteiger partial charge in [-0.2, -0.15) is 5.10 Å². The quantitative estimate of drug-likeness (QED) is 0.538. The predicted octanol–water partition coefficient (Wildman–Crippen LogP) is 2.31. The Hall–Kier alpha value is -3.04. The van der Waals surface area contributed by atoms with Gasteiger partial charge in [0.15, 0.2) is 5.76 Å². The van der Waals surface area contributed by atoms with Crippen LogP contribution < -0.4 is 9.46 Å². The molecule has 0 amide bonds. The molecule has 0 radical (unpaired) electrons. The molecule has 1 aliphatic heterocycles. The highest BCUT2D eigenvalue weighted by Crippen LogP contribution is 2.27. The average Bonchev–Trinajstić information content (AvgIpc) is 3.45. The second-order valence-electron chi connectivity index (χ2n) is 6.57. The van der Waals surface area contributed by atoms with Crippen molar-refractivity contribution in [2.24, 2.45) is 0 Å². The summed E-state index contributed by atoms with van der Waals surface area (Å²) in [6.45, 7) is 1.34. The first-order chi connectivity index (χ1) is 13.6. The highest BCUT2D eigenvalue weighted by Gasteiger charge is 2.19. The lowest BCUT2D eigenvalue weighted by Crippen LogP contribution is -2.27. The lowest BCUT2D eigenvalue weighted by atomic mass is 10.2. The number of furan rings is 1. The Morgan fingerprint density at radius 1 is 1.18 bits per heavy atom. The average molecular weight is 398 g/mol. The maximum atomic E-state index is 12.6. The molecule has 3 aromatic heterocycles. The van der Waals surface area contributed by atoms with Crippen molar-refractivity contribution in [1.82, 2.24) is 18.9 Å². The highest BCUT2D eigenvalue weighted by atomic mass is 32.2. The monoisotopic (exact) mass is 398 g/mol. The van der Waals surface area contributed by atoms with Crippen molar-refractivity contribution >= 4 is 15.7 Å². The first-order valence-electron chi connectivity index (χ1n) is 8.94. The van der Waals surface area contributed by atoms with E-state index in [4.69, 9.17) is 9.15 Å². The Morgan fingerprint density at radius 2 is 2.11 bits per heavy atom. The molecule has 9 heteroatoms. The number of nitrogens with one attached hydrogen (secondary N) is 1. The minimum Gasteiger partial charge on any atom is -0.493 e. The van der Waals surface area contributed by atoms with E-state index in [1.807, 2.05) is 35.2 Å². The van der Waals surface area contributed by atoms with Gasteiger partial charge in [-0.3, -0.25) is 0 Å². The molecule has 0 saturated carbocycles. The van der Waals surface area contributed by atoms with Crippen LogP contribution in [0.25, 0.3) is 17.1 Å². The van der Waals surface area contributed by atoms with Crippen molar-refractivity contribution in [3.8, 4) is 17.2 Å². The van der Waals surface area contributed by atoms with E-state index in [-0.39, 0.29) is 11.4 Å². The van der Waals surface area contributed by atoms with E-state index in [1.54, 1.807) is 29.0 Å². The largest absolute Gasteiger partial charge is 0.493 e. The van der Waals surface area contributed by atoms with Gasteiger partial charge in [0.05, 0.1) is 17.8 Å². The molecule has 5 rings (SSSR count). The number of sulfonamides is 1. The molecular formula is C19H18N4O4S. The molecule has 4 aromatic rings. The summed E-state index contributed by atoms with van der Waals surface area (Å²) in [5.41, 5.74) is 2.52. The van der Waals surface area contributed by atoms with Crippen molar-refractivity contribution in [1.29, 1.82) is 0 Å². The van der Waals surface area contributed by atoms with E-state index in [0.717, 1.165) is 29.1 Å². The van der Waals surface area contributed by atoms with Gasteiger partial charge in [-0.25, -0.2) is 17.7 Å². The number of rotatable bonds is 6. The summed E-state index contributed by atoms with van der Waals surface area (Å²) in [6.07, 6.45) is 6.04. The van der Waals surface area contributed by atoms with Gasteiger partial charge in [0.25, 0.3) is 0 Å². The molecule has 1 aliphatic rings. The summed E-state index contributed by atoms with van der Waals surface area (Å²) < 4.78 is 42.3. The van der Waals surface area contributed by atoms with Gasteiger partial charge in [-0.05, 0) is 35.9 Å². The molecule has 4 heterocycles. The number of nitrogens with zero attached hydrogens (tertiary/aromatic N) is 3. The SMILES string of the molecule is O=S(=O)(NCCn1ccn2nc(-c3ccco3)cc12)c1ccc2c(c1)CCO2. The minimum absolute atomic E-state index is 0.263. The second-order valence-corrected chi connectivity index (χ2v) is 8.33. The van der Waals surface area contributed by atoms with E-state index in [2.05, 4.69) is 9.82 Å². The van der Waals surface area contributed by atoms with Gasteiger partial charge in [0.1, 0.15) is 17.1 Å². The van der Waals surface area contributed by atoms with Crippen LogP contribution in [0.1, 0.15) is 5.56 Å². The smallest absolute Gasteiger partial charge is 0.240 e. The fourth-order valence-electron chi connectivity index (χ4n) is 3.38. The number of benzene rings is 1. The molecule has 144 valence electrons. The summed E-state index contributed by atoms with van der Waals surface area (Å²) in [7, 11) is -3.57. The topological polar surface area (TPSA) is 90.8 Å². The first kappa shape index (κ1) is 17.1. The fraction of sp³-hybridized carbons (Fsp3) is 0.211. The van der Waals surface area contributed by atoms with Gasteiger partial charge in [0, 0.05) is 38.0 Å². The van der Waals surface area contributed by atoms with Crippen LogP contribution in [0, 0.1) is 0 Å². The minimum atomic E-state index is -3.57. The van der Waals surface area contributed by atoms with Crippen molar-refractivity contribution in [3.63, 3.8) is 0 Å². The number of ether oxygens (including phenoxy) is 1. The second kappa shape index (κ2) is 6.54. The molecule has 1 aromatic carbocycles. The number of imidazole rings is 1. The third kappa shape index (κ3) is 2.98. The van der Waals surface area contributed by atoms with Gasteiger partial charge >= 0.3 is 0 Å². The third-order valence-corrected chi connectivity index (χ3v) is 6.25. The van der Waals surface area contributed by atoms with Gasteiger partial charge in [-0.1, -0.05) is 0 Å². The number of hydrogen-bond acceptors (Lipinski definition) is 5. The molecule has 0 fully saturated rings. The molecular weight excluding hydrogens is 380 g/mol. The summed E-state index contributed by atoms with van der Waals surface area (Å²) >= 11 is 0. The zero-order valence-electron chi connectivity index (χ0n) is 14.9.